The Kier molecular flexibility index (Phi) is 4.52. The van der Waals surface area contributed by atoms with E-state index in [2.05, 4.69) is 22.0 Å². The largest absolute Gasteiger partial charge is 0.361 e. The molecule has 0 spiro atoms. The first-order valence-electron chi connectivity index (χ1n) is 8.49. The molecule has 3 rings (SSSR count). The van der Waals surface area contributed by atoms with Gasteiger partial charge < -0.3 is 14.3 Å². The SMILES string of the molecule is Cc1noc(C)c1CCC(=O)N1CCC[C@@H]1[C@@H]1CCCN1C. The van der Waals surface area contributed by atoms with Crippen molar-refractivity contribution in [1.82, 2.24) is 15.0 Å². The van der Waals surface area contributed by atoms with E-state index in [1.165, 1.54) is 19.4 Å². The maximum absolute atomic E-state index is 12.7. The summed E-state index contributed by atoms with van der Waals surface area (Å²) in [4.78, 5) is 17.3. The minimum atomic E-state index is 0.294. The summed E-state index contributed by atoms with van der Waals surface area (Å²) in [7, 11) is 2.20. The average Bonchev–Trinajstić information content (AvgIpc) is 3.18. The fourth-order valence-corrected chi connectivity index (χ4v) is 4.16. The molecule has 5 heteroatoms. The van der Waals surface area contributed by atoms with E-state index >= 15 is 0 Å². The van der Waals surface area contributed by atoms with Crippen LogP contribution in [0.4, 0.5) is 0 Å². The summed E-state index contributed by atoms with van der Waals surface area (Å²) in [5.74, 6) is 1.14. The Bertz CT molecular complexity index is 521. The van der Waals surface area contributed by atoms with Crippen LogP contribution in [0.1, 0.15) is 49.1 Å². The van der Waals surface area contributed by atoms with E-state index in [-0.39, 0.29) is 0 Å². The van der Waals surface area contributed by atoms with Crippen molar-refractivity contribution in [3.8, 4) is 0 Å². The van der Waals surface area contributed by atoms with Gasteiger partial charge in [0.15, 0.2) is 0 Å². The van der Waals surface area contributed by atoms with Crippen LogP contribution in [0, 0.1) is 13.8 Å². The summed E-state index contributed by atoms with van der Waals surface area (Å²) >= 11 is 0. The molecular weight excluding hydrogens is 278 g/mol. The molecule has 2 atom stereocenters. The van der Waals surface area contributed by atoms with E-state index in [4.69, 9.17) is 4.52 Å². The molecule has 0 unspecified atom stereocenters. The Morgan fingerprint density at radius 3 is 2.59 bits per heavy atom. The number of likely N-dealkylation sites (N-methyl/N-ethyl adjacent to an activating group) is 1. The zero-order valence-corrected chi connectivity index (χ0v) is 14.0. The lowest BCUT2D eigenvalue weighted by molar-refractivity contribution is -0.132. The number of aryl methyl sites for hydroxylation is 2. The smallest absolute Gasteiger partial charge is 0.223 e. The number of likely N-dealkylation sites (tertiary alicyclic amines) is 2. The van der Waals surface area contributed by atoms with Crippen LogP contribution in [0.2, 0.25) is 0 Å². The molecule has 122 valence electrons. The number of carbonyl (C=O) groups excluding carboxylic acids is 1. The van der Waals surface area contributed by atoms with Crippen molar-refractivity contribution in [2.24, 2.45) is 0 Å². The van der Waals surface area contributed by atoms with Crippen LogP contribution in [0.3, 0.4) is 0 Å². The molecule has 0 radical (unpaired) electrons. The third-order valence-electron chi connectivity index (χ3n) is 5.41. The molecule has 0 N–H and O–H groups in total. The van der Waals surface area contributed by atoms with Crippen molar-refractivity contribution in [2.75, 3.05) is 20.1 Å². The van der Waals surface area contributed by atoms with Gasteiger partial charge in [-0.2, -0.15) is 0 Å². The van der Waals surface area contributed by atoms with Crippen LogP contribution in [0.5, 0.6) is 0 Å². The van der Waals surface area contributed by atoms with E-state index < -0.39 is 0 Å². The Balaban J connectivity index is 1.61. The zero-order valence-electron chi connectivity index (χ0n) is 14.0. The normalized spacial score (nSPS) is 26.0. The molecule has 5 nitrogen and oxygen atoms in total. The number of rotatable bonds is 4. The van der Waals surface area contributed by atoms with Crippen molar-refractivity contribution in [1.29, 1.82) is 0 Å². The van der Waals surface area contributed by atoms with E-state index in [1.54, 1.807) is 0 Å². The van der Waals surface area contributed by atoms with Gasteiger partial charge in [0.1, 0.15) is 5.76 Å². The van der Waals surface area contributed by atoms with Gasteiger partial charge in [-0.3, -0.25) is 4.79 Å². The second kappa shape index (κ2) is 6.41. The van der Waals surface area contributed by atoms with Crippen LogP contribution < -0.4 is 0 Å². The maximum atomic E-state index is 12.7. The van der Waals surface area contributed by atoms with Gasteiger partial charge in [0.2, 0.25) is 5.91 Å². The van der Waals surface area contributed by atoms with Crippen molar-refractivity contribution in [3.05, 3.63) is 17.0 Å². The van der Waals surface area contributed by atoms with Gasteiger partial charge in [0, 0.05) is 30.6 Å². The molecule has 1 amide bonds. The molecule has 0 saturated carbocycles. The first kappa shape index (κ1) is 15.5. The minimum absolute atomic E-state index is 0.294. The van der Waals surface area contributed by atoms with Crippen molar-refractivity contribution in [2.45, 2.75) is 64.5 Å². The second-order valence-electron chi connectivity index (χ2n) is 6.79. The van der Waals surface area contributed by atoms with E-state index in [0.29, 0.717) is 24.4 Å². The Morgan fingerprint density at radius 1 is 1.23 bits per heavy atom. The van der Waals surface area contributed by atoms with Gasteiger partial charge in [0.25, 0.3) is 0 Å². The lowest BCUT2D eigenvalue weighted by atomic mass is 10.0. The molecule has 3 heterocycles. The Hall–Kier alpha value is -1.36. The van der Waals surface area contributed by atoms with Crippen molar-refractivity contribution >= 4 is 5.91 Å². The Labute approximate surface area is 132 Å². The van der Waals surface area contributed by atoms with Gasteiger partial charge in [-0.25, -0.2) is 0 Å². The summed E-state index contributed by atoms with van der Waals surface area (Å²) in [6.07, 6.45) is 6.10. The van der Waals surface area contributed by atoms with Crippen molar-refractivity contribution in [3.63, 3.8) is 0 Å². The fourth-order valence-electron chi connectivity index (χ4n) is 4.16. The summed E-state index contributed by atoms with van der Waals surface area (Å²) < 4.78 is 5.19. The third-order valence-corrected chi connectivity index (χ3v) is 5.41. The first-order valence-corrected chi connectivity index (χ1v) is 8.49. The van der Waals surface area contributed by atoms with E-state index in [0.717, 1.165) is 42.8 Å². The summed E-state index contributed by atoms with van der Waals surface area (Å²) in [6, 6.07) is 0.982. The molecule has 2 aliphatic heterocycles. The highest BCUT2D eigenvalue weighted by atomic mass is 16.5. The zero-order chi connectivity index (χ0) is 15.7. The van der Waals surface area contributed by atoms with Crippen LogP contribution in [0.25, 0.3) is 0 Å². The van der Waals surface area contributed by atoms with E-state index in [1.807, 2.05) is 13.8 Å². The first-order chi connectivity index (χ1) is 10.6. The molecule has 2 aliphatic rings. The van der Waals surface area contributed by atoms with Gasteiger partial charge in [-0.1, -0.05) is 5.16 Å². The average molecular weight is 305 g/mol. The number of aromatic nitrogens is 1. The topological polar surface area (TPSA) is 49.6 Å². The molecule has 22 heavy (non-hydrogen) atoms. The highest BCUT2D eigenvalue weighted by molar-refractivity contribution is 5.77. The number of hydrogen-bond donors (Lipinski definition) is 0. The minimum Gasteiger partial charge on any atom is -0.361 e. The maximum Gasteiger partial charge on any atom is 0.223 e. The number of carbonyl (C=O) groups is 1. The molecule has 1 aromatic heterocycles. The highest BCUT2D eigenvalue weighted by Crippen LogP contribution is 2.29. The highest BCUT2D eigenvalue weighted by Gasteiger charge is 2.38. The second-order valence-corrected chi connectivity index (χ2v) is 6.79. The number of hydrogen-bond acceptors (Lipinski definition) is 4. The molecule has 0 aromatic carbocycles. The molecule has 0 bridgehead atoms. The molecular formula is C17H27N3O2. The van der Waals surface area contributed by atoms with Crippen LogP contribution in [-0.2, 0) is 11.2 Å². The van der Waals surface area contributed by atoms with Gasteiger partial charge in [0.05, 0.1) is 5.69 Å². The summed E-state index contributed by atoms with van der Waals surface area (Å²) in [5, 5.41) is 3.97. The number of amides is 1. The van der Waals surface area contributed by atoms with Gasteiger partial charge in [-0.05, 0) is 59.5 Å². The lowest BCUT2D eigenvalue weighted by Crippen LogP contribution is -2.47. The summed E-state index contributed by atoms with van der Waals surface area (Å²) in [5.41, 5.74) is 2.01. The van der Waals surface area contributed by atoms with Gasteiger partial charge in [-0.15, -0.1) is 0 Å². The predicted octanol–water partition coefficient (Wildman–Crippen LogP) is 2.31. The molecule has 0 aliphatic carbocycles. The lowest BCUT2D eigenvalue weighted by Gasteiger charge is -2.33. The predicted molar refractivity (Wildman–Crippen MR) is 84.7 cm³/mol. The molecule has 1 aromatic rings. The third kappa shape index (κ3) is 2.91. The molecule has 2 fully saturated rings. The quantitative estimate of drug-likeness (QED) is 0.856. The molecule has 2 saturated heterocycles. The fraction of sp³-hybridized carbons (Fsp3) is 0.765. The number of nitrogens with zero attached hydrogens (tertiary/aromatic N) is 3. The van der Waals surface area contributed by atoms with Crippen LogP contribution in [0.15, 0.2) is 4.52 Å². The summed E-state index contributed by atoms with van der Waals surface area (Å²) in [6.45, 7) is 5.96. The Morgan fingerprint density at radius 2 is 1.95 bits per heavy atom. The van der Waals surface area contributed by atoms with Crippen LogP contribution >= 0.6 is 0 Å². The standard InChI is InChI=1S/C17H27N3O2/c1-12-14(13(2)22-18-12)8-9-17(21)20-11-5-7-16(20)15-6-4-10-19(15)3/h15-16H,4-11H2,1-3H3/t15-,16+/m0/s1. The van der Waals surface area contributed by atoms with Gasteiger partial charge >= 0.3 is 0 Å². The monoisotopic (exact) mass is 305 g/mol. The van der Waals surface area contributed by atoms with E-state index in [9.17, 15) is 4.79 Å². The van der Waals surface area contributed by atoms with Crippen molar-refractivity contribution < 1.29 is 9.32 Å². The van der Waals surface area contributed by atoms with Crippen LogP contribution in [-0.4, -0.2) is 53.1 Å².